The smallest absolute Gasteiger partial charge is 0.313 e. The highest BCUT2D eigenvalue weighted by Crippen LogP contribution is 2.28. The molecule has 1 saturated heterocycles. The Morgan fingerprint density at radius 1 is 1.21 bits per heavy atom. The van der Waals surface area contributed by atoms with E-state index in [4.69, 9.17) is 4.74 Å². The molecule has 10 heteroatoms. The van der Waals surface area contributed by atoms with Gasteiger partial charge in [0, 0.05) is 19.1 Å². The van der Waals surface area contributed by atoms with E-state index in [2.05, 4.69) is 10.6 Å². The number of anilines is 1. The molecule has 0 bridgehead atoms. The van der Waals surface area contributed by atoms with Crippen LogP contribution >= 0.6 is 11.3 Å². The zero-order valence-electron chi connectivity index (χ0n) is 15.3. The fourth-order valence-corrected chi connectivity index (χ4v) is 5.89. The molecule has 0 aliphatic carbocycles. The van der Waals surface area contributed by atoms with E-state index < -0.39 is 21.8 Å². The van der Waals surface area contributed by atoms with Crippen molar-refractivity contribution in [3.05, 3.63) is 41.8 Å². The van der Waals surface area contributed by atoms with E-state index in [0.717, 1.165) is 11.3 Å². The van der Waals surface area contributed by atoms with Crippen molar-refractivity contribution in [1.29, 1.82) is 0 Å². The van der Waals surface area contributed by atoms with Gasteiger partial charge in [0.15, 0.2) is 0 Å². The number of sulfonamides is 1. The van der Waals surface area contributed by atoms with Crippen molar-refractivity contribution >= 4 is 38.9 Å². The molecule has 0 radical (unpaired) electrons. The van der Waals surface area contributed by atoms with E-state index in [1.807, 2.05) is 0 Å². The van der Waals surface area contributed by atoms with Gasteiger partial charge in [0.25, 0.3) is 10.0 Å². The van der Waals surface area contributed by atoms with Crippen molar-refractivity contribution in [2.75, 3.05) is 25.5 Å². The molecule has 0 saturated carbocycles. The van der Waals surface area contributed by atoms with Gasteiger partial charge < -0.3 is 15.4 Å². The second kappa shape index (κ2) is 8.72. The number of hydrogen-bond donors (Lipinski definition) is 2. The highest BCUT2D eigenvalue weighted by atomic mass is 32.2. The van der Waals surface area contributed by atoms with Crippen LogP contribution in [-0.4, -0.2) is 50.8 Å². The van der Waals surface area contributed by atoms with Gasteiger partial charge in [0.05, 0.1) is 12.8 Å². The summed E-state index contributed by atoms with van der Waals surface area (Å²) in [5, 5.41) is 6.74. The van der Waals surface area contributed by atoms with Crippen molar-refractivity contribution in [3.8, 4) is 5.75 Å². The summed E-state index contributed by atoms with van der Waals surface area (Å²) in [6.45, 7) is 0.469. The third-order valence-corrected chi connectivity index (χ3v) is 7.77. The summed E-state index contributed by atoms with van der Waals surface area (Å²) >= 11 is 1.16. The largest absolute Gasteiger partial charge is 0.495 e. The Morgan fingerprint density at radius 3 is 2.71 bits per heavy atom. The molecule has 1 aliphatic rings. The monoisotopic (exact) mass is 423 g/mol. The molecule has 2 heterocycles. The van der Waals surface area contributed by atoms with Gasteiger partial charge in [-0.25, -0.2) is 8.42 Å². The number of benzene rings is 1. The molecule has 0 unspecified atom stereocenters. The summed E-state index contributed by atoms with van der Waals surface area (Å²) in [7, 11) is -2.12. The Hall–Kier alpha value is -2.43. The van der Waals surface area contributed by atoms with Crippen molar-refractivity contribution < 1.29 is 22.7 Å². The van der Waals surface area contributed by atoms with E-state index in [9.17, 15) is 18.0 Å². The summed E-state index contributed by atoms with van der Waals surface area (Å²) in [6.07, 6.45) is 1.33. The lowest BCUT2D eigenvalue weighted by molar-refractivity contribution is -0.136. The van der Waals surface area contributed by atoms with Gasteiger partial charge in [-0.2, -0.15) is 4.31 Å². The van der Waals surface area contributed by atoms with Crippen LogP contribution in [0.1, 0.15) is 12.8 Å². The molecular formula is C18H21N3O5S2. The van der Waals surface area contributed by atoms with Gasteiger partial charge in [-0.05, 0) is 36.4 Å². The first-order valence-corrected chi connectivity index (χ1v) is 11.0. The predicted molar refractivity (Wildman–Crippen MR) is 106 cm³/mol. The summed E-state index contributed by atoms with van der Waals surface area (Å²) in [4.78, 5) is 24.3. The number of nitrogens with zero attached hydrogens (tertiary/aromatic N) is 1. The fraction of sp³-hybridized carbons (Fsp3) is 0.333. The molecule has 1 atom stereocenters. The highest BCUT2D eigenvalue weighted by Gasteiger charge is 2.36. The van der Waals surface area contributed by atoms with Crippen LogP contribution in [0.2, 0.25) is 0 Å². The molecule has 8 nitrogen and oxygen atoms in total. The van der Waals surface area contributed by atoms with E-state index in [1.165, 1.54) is 11.4 Å². The molecule has 28 heavy (non-hydrogen) atoms. The lowest BCUT2D eigenvalue weighted by atomic mass is 10.2. The molecule has 2 N–H and O–H groups in total. The predicted octanol–water partition coefficient (Wildman–Crippen LogP) is 1.66. The van der Waals surface area contributed by atoms with Gasteiger partial charge in [-0.15, -0.1) is 11.3 Å². The summed E-state index contributed by atoms with van der Waals surface area (Å²) < 4.78 is 32.3. The van der Waals surface area contributed by atoms with Crippen LogP contribution in [0.15, 0.2) is 46.0 Å². The van der Waals surface area contributed by atoms with E-state index in [0.29, 0.717) is 30.8 Å². The Kier molecular flexibility index (Phi) is 6.32. The molecular weight excluding hydrogens is 402 g/mol. The maximum absolute atomic E-state index is 12.7. The number of carbonyl (C=O) groups is 2. The molecule has 2 amide bonds. The second-order valence-corrected chi connectivity index (χ2v) is 9.27. The third kappa shape index (κ3) is 4.34. The first kappa shape index (κ1) is 20.3. The number of amides is 2. The Balaban J connectivity index is 1.60. The van der Waals surface area contributed by atoms with E-state index in [-0.39, 0.29) is 16.8 Å². The first-order chi connectivity index (χ1) is 13.4. The molecule has 1 aliphatic heterocycles. The summed E-state index contributed by atoms with van der Waals surface area (Å²) in [5.74, 6) is -1.23. The molecule has 1 fully saturated rings. The van der Waals surface area contributed by atoms with Crippen molar-refractivity contribution in [2.45, 2.75) is 23.1 Å². The number of thiophene rings is 1. The molecule has 1 aromatic carbocycles. The quantitative estimate of drug-likeness (QED) is 0.688. The number of hydrogen-bond acceptors (Lipinski definition) is 6. The molecule has 150 valence electrons. The van der Waals surface area contributed by atoms with Gasteiger partial charge in [0.1, 0.15) is 9.96 Å². The average molecular weight is 424 g/mol. The normalized spacial score (nSPS) is 17.2. The van der Waals surface area contributed by atoms with Gasteiger partial charge in [-0.1, -0.05) is 18.2 Å². The van der Waals surface area contributed by atoms with E-state index in [1.54, 1.807) is 41.8 Å². The number of nitrogens with one attached hydrogen (secondary N) is 2. The molecule has 1 aromatic heterocycles. The zero-order valence-corrected chi connectivity index (χ0v) is 16.9. The maximum Gasteiger partial charge on any atom is 0.313 e. The molecule has 0 spiro atoms. The van der Waals surface area contributed by atoms with Crippen molar-refractivity contribution in [1.82, 2.24) is 9.62 Å². The topological polar surface area (TPSA) is 105 Å². The van der Waals surface area contributed by atoms with Crippen LogP contribution in [0.25, 0.3) is 0 Å². The van der Waals surface area contributed by atoms with Crippen LogP contribution in [0.5, 0.6) is 5.75 Å². The zero-order chi connectivity index (χ0) is 20.1. The Morgan fingerprint density at radius 2 is 2.00 bits per heavy atom. The van der Waals surface area contributed by atoms with Crippen molar-refractivity contribution in [3.63, 3.8) is 0 Å². The minimum Gasteiger partial charge on any atom is -0.495 e. The Labute approximate surface area is 167 Å². The lowest BCUT2D eigenvalue weighted by Crippen LogP contribution is -2.45. The third-order valence-electron chi connectivity index (χ3n) is 4.44. The van der Waals surface area contributed by atoms with Crippen LogP contribution < -0.4 is 15.4 Å². The summed E-state index contributed by atoms with van der Waals surface area (Å²) in [5.41, 5.74) is 0.382. The van der Waals surface area contributed by atoms with Crippen LogP contribution in [-0.2, 0) is 19.6 Å². The average Bonchev–Trinajstić information content (AvgIpc) is 3.38. The maximum atomic E-state index is 12.7. The lowest BCUT2D eigenvalue weighted by Gasteiger charge is -2.23. The first-order valence-electron chi connectivity index (χ1n) is 8.71. The molecule has 3 rings (SSSR count). The number of rotatable bonds is 6. The highest BCUT2D eigenvalue weighted by molar-refractivity contribution is 7.91. The number of ether oxygens (including phenoxy) is 1. The van der Waals surface area contributed by atoms with Crippen LogP contribution in [0.4, 0.5) is 5.69 Å². The summed E-state index contributed by atoms with van der Waals surface area (Å²) in [6, 6.07) is 9.62. The number of carbonyl (C=O) groups excluding carboxylic acids is 2. The SMILES string of the molecule is COc1ccccc1NC(=O)C(=O)NC[C@H]1CCCN1S(=O)(=O)c1cccs1. The van der Waals surface area contributed by atoms with Crippen LogP contribution in [0.3, 0.4) is 0 Å². The van der Waals surface area contributed by atoms with Gasteiger partial charge in [-0.3, -0.25) is 9.59 Å². The standard InChI is InChI=1S/C18H21N3O5S2/c1-26-15-8-3-2-7-14(15)20-18(23)17(22)19-12-13-6-4-10-21(13)28(24,25)16-9-5-11-27-16/h2-3,5,7-9,11,13H,4,6,10,12H2,1H3,(H,19,22)(H,20,23)/t13-/m1/s1. The van der Waals surface area contributed by atoms with E-state index >= 15 is 0 Å². The molecule has 2 aromatic rings. The van der Waals surface area contributed by atoms with Gasteiger partial charge in [0.2, 0.25) is 0 Å². The fourth-order valence-electron chi connectivity index (χ4n) is 3.07. The number of methoxy groups -OCH3 is 1. The van der Waals surface area contributed by atoms with Crippen LogP contribution in [0, 0.1) is 0 Å². The Bertz CT molecular complexity index is 944. The minimum absolute atomic E-state index is 0.0722. The second-order valence-electron chi connectivity index (χ2n) is 6.21. The van der Waals surface area contributed by atoms with Gasteiger partial charge >= 0.3 is 11.8 Å². The number of para-hydroxylation sites is 2. The minimum atomic E-state index is -3.59. The van der Waals surface area contributed by atoms with Crippen molar-refractivity contribution in [2.24, 2.45) is 0 Å².